The largest absolute Gasteiger partial charge is 0.481 e. The van der Waals surface area contributed by atoms with Crippen LogP contribution in [0.3, 0.4) is 0 Å². The van der Waals surface area contributed by atoms with E-state index in [1.54, 1.807) is 24.3 Å². The lowest BCUT2D eigenvalue weighted by Gasteiger charge is -2.09. The molecule has 2 rings (SSSR count). The number of aliphatic hydroxyl groups excluding tert-OH is 1. The van der Waals surface area contributed by atoms with Gasteiger partial charge in [0, 0.05) is 12.5 Å². The van der Waals surface area contributed by atoms with Crippen LogP contribution in [0.2, 0.25) is 0 Å². The Bertz CT molecular complexity index is 681. The molecule has 6 nitrogen and oxygen atoms in total. The quantitative estimate of drug-likeness (QED) is 0.643. The first-order valence-electron chi connectivity index (χ1n) is 6.04. The van der Waals surface area contributed by atoms with Gasteiger partial charge in [-0.1, -0.05) is 12.1 Å². The van der Waals surface area contributed by atoms with Crippen molar-refractivity contribution in [1.82, 2.24) is 0 Å². The summed E-state index contributed by atoms with van der Waals surface area (Å²) in [6.07, 6.45) is 0.145. The minimum Gasteiger partial charge on any atom is -0.481 e. The summed E-state index contributed by atoms with van der Waals surface area (Å²) in [4.78, 5) is 21.2. The highest BCUT2D eigenvalue weighted by Gasteiger charge is 2.14. The first kappa shape index (κ1) is 14.0. The van der Waals surface area contributed by atoms with Crippen LogP contribution in [-0.2, 0) is 17.8 Å². The summed E-state index contributed by atoms with van der Waals surface area (Å²) in [5.74, 6) is -0.948. The molecule has 0 heterocycles. The SMILES string of the molecule is O=C(O)CCc1cc2c([N+](=O)[O-])cccc2cc1CO. The second kappa shape index (κ2) is 5.66. The molecule has 6 heteroatoms. The molecule has 0 radical (unpaired) electrons. The number of non-ortho nitro benzene ring substituents is 1. The summed E-state index contributed by atoms with van der Waals surface area (Å²) in [6, 6.07) is 7.98. The third-order valence-corrected chi connectivity index (χ3v) is 3.15. The van der Waals surface area contributed by atoms with Gasteiger partial charge in [-0.15, -0.1) is 0 Å². The molecule has 0 bridgehead atoms. The molecule has 0 atom stereocenters. The van der Waals surface area contributed by atoms with Crippen molar-refractivity contribution in [2.24, 2.45) is 0 Å². The third-order valence-electron chi connectivity index (χ3n) is 3.15. The van der Waals surface area contributed by atoms with E-state index in [1.165, 1.54) is 6.07 Å². The van der Waals surface area contributed by atoms with Gasteiger partial charge in [0.25, 0.3) is 5.69 Å². The minimum absolute atomic E-state index is 0.0245. The van der Waals surface area contributed by atoms with E-state index in [1.807, 2.05) is 0 Å². The summed E-state index contributed by atoms with van der Waals surface area (Å²) in [6.45, 7) is -0.229. The Balaban J connectivity index is 2.58. The summed E-state index contributed by atoms with van der Waals surface area (Å²) in [5, 5.41) is 30.2. The predicted octanol–water partition coefficient (Wildman–Crippen LogP) is 2.26. The Hall–Kier alpha value is -2.47. The number of nitro groups is 1. The van der Waals surface area contributed by atoms with Crippen molar-refractivity contribution < 1.29 is 19.9 Å². The topological polar surface area (TPSA) is 101 Å². The van der Waals surface area contributed by atoms with E-state index in [4.69, 9.17) is 5.11 Å². The molecule has 0 aliphatic carbocycles. The van der Waals surface area contributed by atoms with E-state index in [0.29, 0.717) is 21.9 Å². The molecule has 0 saturated heterocycles. The number of carboxylic acids is 1. The number of nitrogens with zero attached hydrogens (tertiary/aromatic N) is 1. The molecule has 2 N–H and O–H groups in total. The van der Waals surface area contributed by atoms with E-state index < -0.39 is 10.9 Å². The van der Waals surface area contributed by atoms with Gasteiger partial charge in [-0.05, 0) is 35.1 Å². The molecule has 20 heavy (non-hydrogen) atoms. The molecule has 0 spiro atoms. The number of hydrogen-bond donors (Lipinski definition) is 2. The lowest BCUT2D eigenvalue weighted by atomic mass is 9.97. The molecule has 0 saturated carbocycles. The maximum atomic E-state index is 11.0. The summed E-state index contributed by atoms with van der Waals surface area (Å²) in [7, 11) is 0. The number of aliphatic hydroxyl groups is 1. The lowest BCUT2D eigenvalue weighted by Crippen LogP contribution is -2.01. The molecular formula is C14H13NO5. The molecule has 0 amide bonds. The number of aliphatic carboxylic acids is 1. The van der Waals surface area contributed by atoms with Crippen LogP contribution in [0.1, 0.15) is 17.5 Å². The van der Waals surface area contributed by atoms with E-state index >= 15 is 0 Å². The molecule has 0 aromatic heterocycles. The van der Waals surface area contributed by atoms with Crippen molar-refractivity contribution in [3.05, 3.63) is 51.6 Å². The maximum absolute atomic E-state index is 11.0. The highest BCUT2D eigenvalue weighted by molar-refractivity contribution is 5.92. The number of benzene rings is 2. The van der Waals surface area contributed by atoms with Gasteiger partial charge in [0.1, 0.15) is 0 Å². The van der Waals surface area contributed by atoms with Crippen LogP contribution >= 0.6 is 0 Å². The van der Waals surface area contributed by atoms with Gasteiger partial charge in [-0.25, -0.2) is 0 Å². The van der Waals surface area contributed by atoms with Gasteiger partial charge in [0.05, 0.1) is 16.9 Å². The number of nitro benzene ring substituents is 1. The number of aryl methyl sites for hydroxylation is 1. The zero-order valence-electron chi connectivity index (χ0n) is 10.6. The van der Waals surface area contributed by atoms with Crippen molar-refractivity contribution in [2.75, 3.05) is 0 Å². The third kappa shape index (κ3) is 2.75. The van der Waals surface area contributed by atoms with Crippen molar-refractivity contribution in [1.29, 1.82) is 0 Å². The van der Waals surface area contributed by atoms with E-state index in [0.717, 1.165) is 0 Å². The second-order valence-corrected chi connectivity index (χ2v) is 4.43. The average molecular weight is 275 g/mol. The van der Waals surface area contributed by atoms with Crippen molar-refractivity contribution in [3.8, 4) is 0 Å². The van der Waals surface area contributed by atoms with Gasteiger partial charge in [0.15, 0.2) is 0 Å². The molecule has 104 valence electrons. The smallest absolute Gasteiger partial charge is 0.303 e. The number of carboxylic acid groups (broad SMARTS) is 1. The fourth-order valence-corrected chi connectivity index (χ4v) is 2.18. The van der Waals surface area contributed by atoms with Crippen LogP contribution < -0.4 is 0 Å². The Morgan fingerprint density at radius 3 is 2.60 bits per heavy atom. The summed E-state index contributed by atoms with van der Waals surface area (Å²) < 4.78 is 0. The second-order valence-electron chi connectivity index (χ2n) is 4.43. The van der Waals surface area contributed by atoms with Gasteiger partial charge < -0.3 is 10.2 Å². The van der Waals surface area contributed by atoms with Crippen LogP contribution in [0.25, 0.3) is 10.8 Å². The van der Waals surface area contributed by atoms with Gasteiger partial charge in [-0.2, -0.15) is 0 Å². The number of hydrogen-bond acceptors (Lipinski definition) is 4. The monoisotopic (exact) mass is 275 g/mol. The Morgan fingerprint density at radius 1 is 1.25 bits per heavy atom. The molecule has 0 fully saturated rings. The van der Waals surface area contributed by atoms with E-state index in [9.17, 15) is 20.0 Å². The van der Waals surface area contributed by atoms with E-state index in [2.05, 4.69) is 0 Å². The van der Waals surface area contributed by atoms with Crippen molar-refractivity contribution in [3.63, 3.8) is 0 Å². The van der Waals surface area contributed by atoms with Crippen LogP contribution in [0, 0.1) is 10.1 Å². The van der Waals surface area contributed by atoms with Gasteiger partial charge in [-0.3, -0.25) is 14.9 Å². The highest BCUT2D eigenvalue weighted by Crippen LogP contribution is 2.29. The predicted molar refractivity (Wildman–Crippen MR) is 72.5 cm³/mol. The summed E-state index contributed by atoms with van der Waals surface area (Å²) in [5.41, 5.74) is 1.19. The fraction of sp³-hybridized carbons (Fsp3) is 0.214. The van der Waals surface area contributed by atoms with Crippen LogP contribution in [-0.4, -0.2) is 21.1 Å². The van der Waals surface area contributed by atoms with Crippen molar-refractivity contribution in [2.45, 2.75) is 19.4 Å². The summed E-state index contributed by atoms with van der Waals surface area (Å²) >= 11 is 0. The standard InChI is InChI=1S/C14H13NO5/c16-8-11-6-10-2-1-3-13(15(19)20)12(10)7-9(11)4-5-14(17)18/h1-3,6-7,16H,4-5,8H2,(H,17,18). The maximum Gasteiger partial charge on any atom is 0.303 e. The molecule has 0 aliphatic rings. The highest BCUT2D eigenvalue weighted by atomic mass is 16.6. The minimum atomic E-state index is -0.948. The first-order valence-corrected chi connectivity index (χ1v) is 6.04. The lowest BCUT2D eigenvalue weighted by molar-refractivity contribution is -0.383. The normalized spacial score (nSPS) is 10.7. The Morgan fingerprint density at radius 2 is 2.00 bits per heavy atom. The van der Waals surface area contributed by atoms with Crippen LogP contribution in [0.15, 0.2) is 30.3 Å². The van der Waals surface area contributed by atoms with Crippen LogP contribution in [0.4, 0.5) is 5.69 Å². The average Bonchev–Trinajstić information content (AvgIpc) is 2.42. The van der Waals surface area contributed by atoms with Crippen molar-refractivity contribution >= 4 is 22.4 Å². The van der Waals surface area contributed by atoms with Gasteiger partial charge >= 0.3 is 5.97 Å². The first-order chi connectivity index (χ1) is 9.52. The molecule has 0 unspecified atom stereocenters. The van der Waals surface area contributed by atoms with Crippen LogP contribution in [0.5, 0.6) is 0 Å². The number of rotatable bonds is 5. The molecule has 2 aromatic carbocycles. The van der Waals surface area contributed by atoms with E-state index in [-0.39, 0.29) is 25.1 Å². The Kier molecular flexibility index (Phi) is 3.95. The van der Waals surface area contributed by atoms with Gasteiger partial charge in [0.2, 0.25) is 0 Å². The molecule has 0 aliphatic heterocycles. The fourth-order valence-electron chi connectivity index (χ4n) is 2.18. The molecule has 2 aromatic rings. The Labute approximate surface area is 114 Å². The zero-order valence-corrected chi connectivity index (χ0v) is 10.6. The number of carbonyl (C=O) groups is 1. The molecular weight excluding hydrogens is 262 g/mol. The zero-order chi connectivity index (χ0) is 14.7. The number of fused-ring (bicyclic) bond motifs is 1.